The van der Waals surface area contributed by atoms with E-state index in [2.05, 4.69) is 17.2 Å². The Morgan fingerprint density at radius 2 is 2.40 bits per heavy atom. The van der Waals surface area contributed by atoms with Crippen molar-refractivity contribution in [2.45, 2.75) is 18.1 Å². The third-order valence-electron chi connectivity index (χ3n) is 3.07. The van der Waals surface area contributed by atoms with Crippen LogP contribution in [0.15, 0.2) is 18.2 Å². The zero-order chi connectivity index (χ0) is 14.4. The average molecular weight is 292 g/mol. The van der Waals surface area contributed by atoms with Crippen LogP contribution in [0.2, 0.25) is 0 Å². The number of nitrogens with two attached hydrogens (primary N) is 1. The third-order valence-corrected chi connectivity index (χ3v) is 4.47. The molecule has 0 saturated carbocycles. The van der Waals surface area contributed by atoms with Crippen LogP contribution in [0.25, 0.3) is 0 Å². The van der Waals surface area contributed by atoms with Gasteiger partial charge in [0.05, 0.1) is 12.1 Å². The topological polar surface area (TPSA) is 55.1 Å². The smallest absolute Gasteiger partial charge is 0.251 e. The van der Waals surface area contributed by atoms with Gasteiger partial charge in [-0.2, -0.15) is 11.8 Å². The average Bonchev–Trinajstić information content (AvgIpc) is 2.96. The lowest BCUT2D eigenvalue weighted by molar-refractivity contribution is 0.0953. The van der Waals surface area contributed by atoms with Gasteiger partial charge in [-0.05, 0) is 36.8 Å². The Hall–Kier alpha value is -1.51. The molecule has 3 N–H and O–H groups in total. The van der Waals surface area contributed by atoms with Crippen LogP contribution in [-0.2, 0) is 0 Å². The van der Waals surface area contributed by atoms with Crippen molar-refractivity contribution in [1.29, 1.82) is 0 Å². The zero-order valence-corrected chi connectivity index (χ0v) is 11.9. The lowest BCUT2D eigenvalue weighted by Gasteiger charge is -2.10. The molecule has 1 aromatic rings. The van der Waals surface area contributed by atoms with Gasteiger partial charge < -0.3 is 11.1 Å². The van der Waals surface area contributed by atoms with Gasteiger partial charge in [0.15, 0.2) is 0 Å². The fourth-order valence-electron chi connectivity index (χ4n) is 2.02. The molecule has 0 aromatic heterocycles. The maximum atomic E-state index is 13.7. The van der Waals surface area contributed by atoms with E-state index in [1.54, 1.807) is 6.07 Å². The summed E-state index contributed by atoms with van der Waals surface area (Å²) in [7, 11) is 0. The van der Waals surface area contributed by atoms with Gasteiger partial charge in [-0.1, -0.05) is 11.8 Å². The number of hydrogen-bond acceptors (Lipinski definition) is 3. The number of carbonyl (C=O) groups excluding carboxylic acids is 1. The highest BCUT2D eigenvalue weighted by Crippen LogP contribution is 2.25. The molecule has 5 heteroatoms. The Balaban J connectivity index is 1.97. The second kappa shape index (κ2) is 7.32. The van der Waals surface area contributed by atoms with E-state index in [0.29, 0.717) is 17.4 Å². The number of rotatable bonds is 3. The number of benzene rings is 1. The van der Waals surface area contributed by atoms with Crippen molar-refractivity contribution in [3.05, 3.63) is 35.1 Å². The molecule has 0 aliphatic carbocycles. The molecule has 1 aliphatic rings. The van der Waals surface area contributed by atoms with Crippen LogP contribution in [0.3, 0.4) is 0 Å². The summed E-state index contributed by atoms with van der Waals surface area (Å²) in [4.78, 5) is 11.9. The van der Waals surface area contributed by atoms with E-state index >= 15 is 0 Å². The summed E-state index contributed by atoms with van der Waals surface area (Å²) < 4.78 is 13.7. The maximum absolute atomic E-state index is 13.7. The molecule has 1 aromatic carbocycles. The van der Waals surface area contributed by atoms with Gasteiger partial charge in [0, 0.05) is 17.4 Å². The van der Waals surface area contributed by atoms with Crippen LogP contribution < -0.4 is 11.1 Å². The molecule has 3 nitrogen and oxygen atoms in total. The van der Waals surface area contributed by atoms with Gasteiger partial charge in [-0.25, -0.2) is 4.39 Å². The predicted octanol–water partition coefficient (Wildman–Crippen LogP) is 1.76. The Kier molecular flexibility index (Phi) is 5.45. The van der Waals surface area contributed by atoms with Crippen molar-refractivity contribution in [2.24, 2.45) is 5.73 Å². The van der Waals surface area contributed by atoms with Gasteiger partial charge >= 0.3 is 0 Å². The molecule has 0 bridgehead atoms. The molecule has 1 aliphatic heterocycles. The SMILES string of the molecule is NCC#Cc1ccc(C(=O)NCC2CCCS2)cc1F. The van der Waals surface area contributed by atoms with Gasteiger partial charge in [0.1, 0.15) is 5.82 Å². The lowest BCUT2D eigenvalue weighted by Crippen LogP contribution is -2.29. The molecular formula is C15H17FN2OS. The second-order valence-electron chi connectivity index (χ2n) is 4.55. The third kappa shape index (κ3) is 3.99. The van der Waals surface area contributed by atoms with E-state index in [9.17, 15) is 9.18 Å². The van der Waals surface area contributed by atoms with E-state index in [0.717, 1.165) is 12.2 Å². The second-order valence-corrected chi connectivity index (χ2v) is 5.95. The first-order valence-electron chi connectivity index (χ1n) is 6.59. The van der Waals surface area contributed by atoms with Crippen LogP contribution >= 0.6 is 11.8 Å². The molecule has 0 radical (unpaired) electrons. The van der Waals surface area contributed by atoms with Crippen molar-refractivity contribution in [3.63, 3.8) is 0 Å². The number of hydrogen-bond donors (Lipinski definition) is 2. The van der Waals surface area contributed by atoms with Crippen LogP contribution in [0, 0.1) is 17.7 Å². The molecule has 2 rings (SSSR count). The first-order chi connectivity index (χ1) is 9.70. The van der Waals surface area contributed by atoms with Gasteiger partial charge in [-0.3, -0.25) is 4.79 Å². The first kappa shape index (κ1) is 14.9. The highest BCUT2D eigenvalue weighted by molar-refractivity contribution is 8.00. The quantitative estimate of drug-likeness (QED) is 0.835. The Morgan fingerprint density at radius 3 is 3.05 bits per heavy atom. The first-order valence-corrected chi connectivity index (χ1v) is 7.64. The van der Waals surface area contributed by atoms with E-state index in [1.807, 2.05) is 11.8 Å². The van der Waals surface area contributed by atoms with E-state index in [4.69, 9.17) is 5.73 Å². The highest BCUT2D eigenvalue weighted by atomic mass is 32.2. The van der Waals surface area contributed by atoms with E-state index in [-0.39, 0.29) is 18.0 Å². The standard InChI is InChI=1S/C15H17FN2OS/c16-14-9-12(6-5-11(14)3-1-7-17)15(19)18-10-13-4-2-8-20-13/h5-6,9,13H,2,4,7-8,10,17H2,(H,18,19). The highest BCUT2D eigenvalue weighted by Gasteiger charge is 2.17. The Labute approximate surface area is 122 Å². The molecule has 1 atom stereocenters. The predicted molar refractivity (Wildman–Crippen MR) is 80.1 cm³/mol. The Morgan fingerprint density at radius 1 is 1.55 bits per heavy atom. The molecular weight excluding hydrogens is 275 g/mol. The van der Waals surface area contributed by atoms with Crippen molar-refractivity contribution < 1.29 is 9.18 Å². The fourth-order valence-corrected chi connectivity index (χ4v) is 3.22. The van der Waals surface area contributed by atoms with Crippen molar-refractivity contribution in [2.75, 3.05) is 18.8 Å². The van der Waals surface area contributed by atoms with Crippen LogP contribution in [0.4, 0.5) is 4.39 Å². The minimum atomic E-state index is -0.492. The lowest BCUT2D eigenvalue weighted by atomic mass is 10.1. The van der Waals surface area contributed by atoms with Gasteiger partial charge in [0.25, 0.3) is 5.91 Å². The minimum absolute atomic E-state index is 0.181. The molecule has 106 valence electrons. The van der Waals surface area contributed by atoms with E-state index < -0.39 is 5.82 Å². The summed E-state index contributed by atoms with van der Waals surface area (Å²) in [6.07, 6.45) is 2.33. The summed E-state index contributed by atoms with van der Waals surface area (Å²) in [5.41, 5.74) is 5.83. The fraction of sp³-hybridized carbons (Fsp3) is 0.400. The normalized spacial score (nSPS) is 17.4. The molecule has 1 saturated heterocycles. The summed E-state index contributed by atoms with van der Waals surface area (Å²) >= 11 is 1.88. The molecule has 1 heterocycles. The van der Waals surface area contributed by atoms with Crippen LogP contribution in [-0.4, -0.2) is 30.0 Å². The van der Waals surface area contributed by atoms with Crippen molar-refractivity contribution >= 4 is 17.7 Å². The zero-order valence-electron chi connectivity index (χ0n) is 11.1. The molecule has 1 amide bonds. The number of thioether (sulfide) groups is 1. The number of halogens is 1. The number of amides is 1. The maximum Gasteiger partial charge on any atom is 0.251 e. The van der Waals surface area contributed by atoms with Crippen LogP contribution in [0.5, 0.6) is 0 Å². The van der Waals surface area contributed by atoms with E-state index in [1.165, 1.54) is 18.6 Å². The van der Waals surface area contributed by atoms with Gasteiger partial charge in [-0.15, -0.1) is 0 Å². The largest absolute Gasteiger partial charge is 0.351 e. The molecule has 20 heavy (non-hydrogen) atoms. The van der Waals surface area contributed by atoms with Crippen LogP contribution in [0.1, 0.15) is 28.8 Å². The number of nitrogens with one attached hydrogen (secondary N) is 1. The monoisotopic (exact) mass is 292 g/mol. The number of carbonyl (C=O) groups is 1. The summed E-state index contributed by atoms with van der Waals surface area (Å²) in [6.45, 7) is 0.820. The summed E-state index contributed by atoms with van der Waals surface area (Å²) in [5, 5.41) is 3.33. The molecule has 0 spiro atoms. The summed E-state index contributed by atoms with van der Waals surface area (Å²) in [6, 6.07) is 4.32. The minimum Gasteiger partial charge on any atom is -0.351 e. The van der Waals surface area contributed by atoms with Crippen molar-refractivity contribution in [1.82, 2.24) is 5.32 Å². The Bertz CT molecular complexity index is 545. The molecule has 1 fully saturated rings. The van der Waals surface area contributed by atoms with Gasteiger partial charge in [0.2, 0.25) is 0 Å². The molecule has 1 unspecified atom stereocenters. The van der Waals surface area contributed by atoms with Crippen molar-refractivity contribution in [3.8, 4) is 11.8 Å². The summed E-state index contributed by atoms with van der Waals surface area (Å²) in [5.74, 6) is 5.64.